The topological polar surface area (TPSA) is 100 Å². The van der Waals surface area contributed by atoms with Gasteiger partial charge in [-0.3, -0.25) is 9.59 Å². The summed E-state index contributed by atoms with van der Waals surface area (Å²) in [5.74, 6) is -0.719. The van der Waals surface area contributed by atoms with Crippen molar-refractivity contribution < 1.29 is 14.0 Å². The van der Waals surface area contributed by atoms with Gasteiger partial charge in [0.2, 0.25) is 5.91 Å². The SMILES string of the molecule is Cc1ccnc(Nc2ncc(Sc3ccnc(C(=O)NCC4(c5ccccc5)CCN(C(=O)C(C)c5ccccc5)CC4)c3F)s2)c1. The van der Waals surface area contributed by atoms with Gasteiger partial charge in [-0.2, -0.15) is 0 Å². The first-order chi connectivity index (χ1) is 22.8. The van der Waals surface area contributed by atoms with Gasteiger partial charge in [0.15, 0.2) is 16.6 Å². The van der Waals surface area contributed by atoms with E-state index in [2.05, 4.69) is 37.7 Å². The van der Waals surface area contributed by atoms with Gasteiger partial charge in [-0.25, -0.2) is 19.3 Å². The summed E-state index contributed by atoms with van der Waals surface area (Å²) in [7, 11) is 0. The van der Waals surface area contributed by atoms with E-state index in [1.54, 1.807) is 18.5 Å². The Kier molecular flexibility index (Phi) is 9.93. The molecule has 3 aromatic heterocycles. The standard InChI is InChI=1S/C36H35FN6O2S2/c1-24-13-17-38-29(21-24)42-35-40-22-30(47-35)46-28-14-18-39-32(31(28)37)33(44)41-23-36(27-11-7-4-8-12-27)15-19-43(20-16-36)34(45)25(2)26-9-5-3-6-10-26/h3-14,17-18,21-22,25H,15-16,19-20,23H2,1-2H3,(H,41,44)(H,38,40,42). The number of pyridine rings is 2. The van der Waals surface area contributed by atoms with E-state index in [-0.39, 0.29) is 22.4 Å². The normalized spacial score (nSPS) is 14.7. The molecule has 5 aromatic rings. The van der Waals surface area contributed by atoms with Gasteiger partial charge in [-0.15, -0.1) is 0 Å². The Balaban J connectivity index is 1.12. The fourth-order valence-electron chi connectivity index (χ4n) is 5.86. The lowest BCUT2D eigenvalue weighted by Gasteiger charge is -2.43. The molecule has 4 heterocycles. The van der Waals surface area contributed by atoms with Crippen LogP contribution < -0.4 is 10.6 Å². The van der Waals surface area contributed by atoms with Crippen LogP contribution in [0.4, 0.5) is 15.3 Å². The van der Waals surface area contributed by atoms with Gasteiger partial charge < -0.3 is 15.5 Å². The molecule has 240 valence electrons. The first-order valence-electron chi connectivity index (χ1n) is 15.5. The Morgan fingerprint density at radius 2 is 1.68 bits per heavy atom. The van der Waals surface area contributed by atoms with Gasteiger partial charge in [0.25, 0.3) is 5.91 Å². The lowest BCUT2D eigenvalue weighted by atomic mass is 9.72. The quantitative estimate of drug-likeness (QED) is 0.161. The zero-order chi connectivity index (χ0) is 32.8. The number of thiazole rings is 1. The molecular formula is C36H35FN6O2S2. The summed E-state index contributed by atoms with van der Waals surface area (Å²) in [5, 5.41) is 6.79. The maximum absolute atomic E-state index is 15.7. The van der Waals surface area contributed by atoms with E-state index in [1.165, 1.54) is 29.3 Å². The number of benzene rings is 2. The number of hydrogen-bond acceptors (Lipinski definition) is 8. The molecular weight excluding hydrogens is 632 g/mol. The van der Waals surface area contributed by atoms with E-state index < -0.39 is 17.1 Å². The summed E-state index contributed by atoms with van der Waals surface area (Å²) in [4.78, 5) is 41.8. The van der Waals surface area contributed by atoms with Crippen molar-refractivity contribution in [3.05, 3.63) is 126 Å². The van der Waals surface area contributed by atoms with Crippen LogP contribution in [0.15, 0.2) is 107 Å². The van der Waals surface area contributed by atoms with E-state index in [4.69, 9.17) is 0 Å². The minimum atomic E-state index is -0.678. The van der Waals surface area contributed by atoms with Crippen LogP contribution in [-0.4, -0.2) is 51.3 Å². The van der Waals surface area contributed by atoms with E-state index in [1.807, 2.05) is 79.4 Å². The average Bonchev–Trinajstić information content (AvgIpc) is 3.54. The fraction of sp³-hybridized carbons (Fsp3) is 0.250. The van der Waals surface area contributed by atoms with Crippen molar-refractivity contribution in [3.8, 4) is 0 Å². The van der Waals surface area contributed by atoms with Crippen molar-refractivity contribution in [1.82, 2.24) is 25.2 Å². The molecule has 1 aliphatic rings. The average molecular weight is 667 g/mol. The molecule has 0 spiro atoms. The van der Waals surface area contributed by atoms with Gasteiger partial charge in [0.1, 0.15) is 5.82 Å². The van der Waals surface area contributed by atoms with Crippen molar-refractivity contribution in [2.75, 3.05) is 25.0 Å². The summed E-state index contributed by atoms with van der Waals surface area (Å²) in [6.07, 6.45) is 6.15. The number of piperidine rings is 1. The molecule has 1 unspecified atom stereocenters. The lowest BCUT2D eigenvalue weighted by molar-refractivity contribution is -0.134. The van der Waals surface area contributed by atoms with Crippen LogP contribution in [0.25, 0.3) is 0 Å². The Hall–Kier alpha value is -4.61. The highest BCUT2D eigenvalue weighted by molar-refractivity contribution is 8.01. The Bertz CT molecular complexity index is 1850. The van der Waals surface area contributed by atoms with Gasteiger partial charge in [0, 0.05) is 37.4 Å². The number of anilines is 2. The molecule has 0 radical (unpaired) electrons. The molecule has 1 atom stereocenters. The number of likely N-dealkylation sites (tertiary alicyclic amines) is 1. The van der Waals surface area contributed by atoms with Gasteiger partial charge in [-0.05, 0) is 61.6 Å². The Labute approximate surface area is 281 Å². The summed E-state index contributed by atoms with van der Waals surface area (Å²) in [6, 6.07) is 25.2. The lowest BCUT2D eigenvalue weighted by Crippen LogP contribution is -2.51. The van der Waals surface area contributed by atoms with Crippen molar-refractivity contribution in [1.29, 1.82) is 0 Å². The number of hydrogen-bond donors (Lipinski definition) is 2. The van der Waals surface area contributed by atoms with Crippen molar-refractivity contribution >= 4 is 45.9 Å². The number of carbonyl (C=O) groups excluding carboxylic acids is 2. The molecule has 11 heteroatoms. The first kappa shape index (κ1) is 32.3. The molecule has 1 saturated heterocycles. The zero-order valence-corrected chi connectivity index (χ0v) is 27.8. The molecule has 6 rings (SSSR count). The molecule has 2 amide bonds. The summed E-state index contributed by atoms with van der Waals surface area (Å²) < 4.78 is 16.5. The number of rotatable bonds is 10. The maximum Gasteiger partial charge on any atom is 0.273 e. The van der Waals surface area contributed by atoms with Crippen molar-refractivity contribution in [3.63, 3.8) is 0 Å². The molecule has 1 fully saturated rings. The maximum atomic E-state index is 15.7. The van der Waals surface area contributed by atoms with Crippen LogP contribution in [0.1, 0.15) is 52.9 Å². The Morgan fingerprint density at radius 1 is 0.979 bits per heavy atom. The third kappa shape index (κ3) is 7.52. The number of halogens is 1. The van der Waals surface area contributed by atoms with Gasteiger partial charge >= 0.3 is 0 Å². The smallest absolute Gasteiger partial charge is 0.273 e. The number of aryl methyl sites for hydroxylation is 1. The summed E-state index contributed by atoms with van der Waals surface area (Å²) in [6.45, 7) is 5.34. The predicted molar refractivity (Wildman–Crippen MR) is 184 cm³/mol. The van der Waals surface area contributed by atoms with Crippen molar-refractivity contribution in [2.45, 2.75) is 47.1 Å². The molecule has 47 heavy (non-hydrogen) atoms. The third-order valence-corrected chi connectivity index (χ3v) is 10.6. The molecule has 0 aliphatic carbocycles. The van der Waals surface area contributed by atoms with Crippen molar-refractivity contribution in [2.24, 2.45) is 0 Å². The predicted octanol–water partition coefficient (Wildman–Crippen LogP) is 7.37. The monoisotopic (exact) mass is 666 g/mol. The fourth-order valence-corrected chi connectivity index (χ4v) is 7.72. The third-order valence-electron chi connectivity index (χ3n) is 8.59. The van der Waals surface area contributed by atoms with Gasteiger partial charge in [-0.1, -0.05) is 83.8 Å². The van der Waals surface area contributed by atoms with Crippen LogP contribution in [0.3, 0.4) is 0 Å². The van der Waals surface area contributed by atoms with Crippen LogP contribution in [0, 0.1) is 12.7 Å². The van der Waals surface area contributed by atoms with Crippen LogP contribution in [-0.2, 0) is 10.2 Å². The number of nitrogens with zero attached hydrogens (tertiary/aromatic N) is 4. The van der Waals surface area contributed by atoms with Gasteiger partial charge in [0.05, 0.1) is 21.2 Å². The Morgan fingerprint density at radius 3 is 2.40 bits per heavy atom. The molecule has 2 aromatic carbocycles. The van der Waals surface area contributed by atoms with E-state index in [9.17, 15) is 9.59 Å². The highest BCUT2D eigenvalue weighted by Crippen LogP contribution is 2.38. The first-order valence-corrected chi connectivity index (χ1v) is 17.1. The van der Waals surface area contributed by atoms with Crippen LogP contribution >= 0.6 is 23.1 Å². The second-order valence-corrected chi connectivity index (χ2v) is 14.1. The minimum absolute atomic E-state index is 0.0955. The van der Waals surface area contributed by atoms with E-state index in [0.717, 1.165) is 20.9 Å². The number of nitrogens with one attached hydrogen (secondary N) is 2. The number of amides is 2. The zero-order valence-electron chi connectivity index (χ0n) is 26.2. The number of aromatic nitrogens is 3. The largest absolute Gasteiger partial charge is 0.350 e. The van der Waals surface area contributed by atoms with Crippen LogP contribution in [0.5, 0.6) is 0 Å². The van der Waals surface area contributed by atoms with E-state index in [0.29, 0.717) is 43.4 Å². The molecule has 8 nitrogen and oxygen atoms in total. The molecule has 0 saturated carbocycles. The second-order valence-electron chi connectivity index (χ2n) is 11.7. The summed E-state index contributed by atoms with van der Waals surface area (Å²) >= 11 is 2.55. The highest BCUT2D eigenvalue weighted by Gasteiger charge is 2.39. The number of carbonyl (C=O) groups is 2. The molecule has 0 bridgehead atoms. The van der Waals surface area contributed by atoms with E-state index >= 15 is 4.39 Å². The minimum Gasteiger partial charge on any atom is -0.350 e. The highest BCUT2D eigenvalue weighted by atomic mass is 32.2. The second kappa shape index (κ2) is 14.4. The molecule has 2 N–H and O–H groups in total. The van der Waals surface area contributed by atoms with Crippen LogP contribution in [0.2, 0.25) is 0 Å². The summed E-state index contributed by atoms with van der Waals surface area (Å²) in [5.41, 5.74) is 2.48. The molecule has 1 aliphatic heterocycles.